The van der Waals surface area contributed by atoms with Crippen molar-refractivity contribution in [2.75, 3.05) is 19.7 Å². The Bertz CT molecular complexity index is 829. The summed E-state index contributed by atoms with van der Waals surface area (Å²) < 4.78 is 26.2. The Hall–Kier alpha value is -2.23. The Morgan fingerprint density at radius 2 is 2.08 bits per heavy atom. The topological polar surface area (TPSA) is 115 Å². The zero-order chi connectivity index (χ0) is 17.2. The summed E-state index contributed by atoms with van der Waals surface area (Å²) in [5, 5.41) is 15.6. The quantitative estimate of drug-likeness (QED) is 0.695. The molecule has 128 valence electrons. The predicted octanol–water partition coefficient (Wildman–Crippen LogP) is -0.121. The molecule has 1 aliphatic rings. The molecule has 1 aromatic heterocycles. The normalized spacial score (nSPS) is 14.5. The molecule has 2 aromatic rings. The first-order valence-electron chi connectivity index (χ1n) is 7.52. The van der Waals surface area contributed by atoms with Gasteiger partial charge in [0, 0.05) is 42.9 Å². The number of carbonyl (C=O) groups is 1. The summed E-state index contributed by atoms with van der Waals surface area (Å²) in [4.78, 5) is 14.3. The number of H-pyrrole nitrogens is 1. The lowest BCUT2D eigenvalue weighted by atomic mass is 10.1. The minimum absolute atomic E-state index is 0.0518. The molecule has 1 aliphatic heterocycles. The van der Waals surface area contributed by atoms with Gasteiger partial charge in [0.05, 0.1) is 17.7 Å². The molecule has 0 saturated carbocycles. The minimum Gasteiger partial charge on any atom is -0.395 e. The summed E-state index contributed by atoms with van der Waals surface area (Å²) in [6.07, 6.45) is 2.44. The number of aromatic nitrogens is 2. The van der Waals surface area contributed by atoms with E-state index in [9.17, 15) is 13.2 Å². The Morgan fingerprint density at radius 1 is 1.33 bits per heavy atom. The molecule has 3 N–H and O–H groups in total. The van der Waals surface area contributed by atoms with E-state index >= 15 is 0 Å². The summed E-state index contributed by atoms with van der Waals surface area (Å²) >= 11 is 0. The van der Waals surface area contributed by atoms with Crippen molar-refractivity contribution in [1.82, 2.24) is 19.8 Å². The molecule has 8 nitrogen and oxygen atoms in total. The molecule has 0 atom stereocenters. The fourth-order valence-electron chi connectivity index (χ4n) is 2.62. The van der Waals surface area contributed by atoms with Crippen molar-refractivity contribution in [3.63, 3.8) is 0 Å². The number of benzene rings is 1. The van der Waals surface area contributed by atoms with Crippen LogP contribution in [0.15, 0.2) is 35.4 Å². The van der Waals surface area contributed by atoms with Crippen LogP contribution in [0.4, 0.5) is 0 Å². The average molecular weight is 350 g/mol. The molecule has 0 bridgehead atoms. The Morgan fingerprint density at radius 3 is 2.79 bits per heavy atom. The van der Waals surface area contributed by atoms with Crippen LogP contribution in [0, 0.1) is 0 Å². The SMILES string of the molecule is O=C(c1ccc(S(=O)(=O)NCCO)cc1)N1CCc2[nH]ncc2C1. The van der Waals surface area contributed by atoms with Gasteiger partial charge in [-0.15, -0.1) is 0 Å². The Kier molecular flexibility index (Phi) is 4.65. The van der Waals surface area contributed by atoms with Crippen LogP contribution < -0.4 is 4.72 Å². The third-order valence-corrected chi connectivity index (χ3v) is 5.38. The number of nitrogens with one attached hydrogen (secondary N) is 2. The third kappa shape index (κ3) is 3.32. The van der Waals surface area contributed by atoms with E-state index in [1.54, 1.807) is 11.1 Å². The van der Waals surface area contributed by atoms with E-state index in [0.29, 0.717) is 18.7 Å². The maximum Gasteiger partial charge on any atom is 0.254 e. The minimum atomic E-state index is -3.67. The van der Waals surface area contributed by atoms with Crippen molar-refractivity contribution in [3.05, 3.63) is 47.3 Å². The molecule has 2 heterocycles. The highest BCUT2D eigenvalue weighted by Gasteiger charge is 2.23. The summed E-state index contributed by atoms with van der Waals surface area (Å²) in [6, 6.07) is 5.78. The molecule has 0 saturated heterocycles. The van der Waals surface area contributed by atoms with Crippen molar-refractivity contribution in [3.8, 4) is 0 Å². The monoisotopic (exact) mass is 350 g/mol. The molecule has 0 fully saturated rings. The number of aliphatic hydroxyl groups excluding tert-OH is 1. The lowest BCUT2D eigenvalue weighted by molar-refractivity contribution is 0.0734. The number of nitrogens with zero attached hydrogens (tertiary/aromatic N) is 2. The van der Waals surface area contributed by atoms with E-state index in [0.717, 1.165) is 17.7 Å². The lowest BCUT2D eigenvalue weighted by Gasteiger charge is -2.26. The van der Waals surface area contributed by atoms with Crippen molar-refractivity contribution < 1.29 is 18.3 Å². The number of rotatable bonds is 5. The Labute approximate surface area is 139 Å². The molecule has 1 aromatic carbocycles. The van der Waals surface area contributed by atoms with E-state index in [1.165, 1.54) is 24.3 Å². The first-order valence-corrected chi connectivity index (χ1v) is 9.00. The number of sulfonamides is 1. The molecule has 24 heavy (non-hydrogen) atoms. The zero-order valence-electron chi connectivity index (χ0n) is 12.9. The van der Waals surface area contributed by atoms with Gasteiger partial charge in [0.15, 0.2) is 0 Å². The molecule has 9 heteroatoms. The maximum absolute atomic E-state index is 12.6. The van der Waals surface area contributed by atoms with Crippen molar-refractivity contribution >= 4 is 15.9 Å². The summed E-state index contributed by atoms with van der Waals surface area (Å²) in [6.45, 7) is 0.749. The van der Waals surface area contributed by atoms with Gasteiger partial charge in [0.1, 0.15) is 0 Å². The molecule has 0 radical (unpaired) electrons. The van der Waals surface area contributed by atoms with Crippen LogP contribution in [-0.2, 0) is 23.0 Å². The van der Waals surface area contributed by atoms with Gasteiger partial charge in [-0.1, -0.05) is 0 Å². The van der Waals surface area contributed by atoms with Gasteiger partial charge in [-0.25, -0.2) is 13.1 Å². The number of amides is 1. The van der Waals surface area contributed by atoms with Crippen LogP contribution in [0.25, 0.3) is 0 Å². The highest BCUT2D eigenvalue weighted by atomic mass is 32.2. The molecule has 0 spiro atoms. The molecular weight excluding hydrogens is 332 g/mol. The zero-order valence-corrected chi connectivity index (χ0v) is 13.7. The van der Waals surface area contributed by atoms with Gasteiger partial charge in [0.25, 0.3) is 5.91 Å². The van der Waals surface area contributed by atoms with E-state index in [1.807, 2.05) is 0 Å². The van der Waals surface area contributed by atoms with Crippen molar-refractivity contribution in [2.24, 2.45) is 0 Å². The second-order valence-electron chi connectivity index (χ2n) is 5.50. The van der Waals surface area contributed by atoms with E-state index in [4.69, 9.17) is 5.11 Å². The average Bonchev–Trinajstić information content (AvgIpc) is 3.07. The van der Waals surface area contributed by atoms with Crippen molar-refractivity contribution in [2.45, 2.75) is 17.9 Å². The van der Waals surface area contributed by atoms with Crippen LogP contribution in [0.2, 0.25) is 0 Å². The third-order valence-electron chi connectivity index (χ3n) is 3.90. The standard InChI is InChI=1S/C15H18N4O4S/c20-8-6-17-24(22,23)13-3-1-11(2-4-13)15(21)19-7-5-14-12(10-19)9-16-18-14/h1-4,9,17,20H,5-8,10H2,(H,16,18). The highest BCUT2D eigenvalue weighted by Crippen LogP contribution is 2.19. The summed E-state index contributed by atoms with van der Waals surface area (Å²) in [5.41, 5.74) is 2.49. The second kappa shape index (κ2) is 6.71. The van der Waals surface area contributed by atoms with Gasteiger partial charge < -0.3 is 10.0 Å². The first kappa shape index (κ1) is 16.6. The number of hydrogen-bond donors (Lipinski definition) is 3. The van der Waals surface area contributed by atoms with Crippen LogP contribution in [0.3, 0.4) is 0 Å². The Balaban J connectivity index is 1.73. The number of fused-ring (bicyclic) bond motifs is 1. The van der Waals surface area contributed by atoms with Crippen LogP contribution in [-0.4, -0.2) is 54.2 Å². The fraction of sp³-hybridized carbons (Fsp3) is 0.333. The van der Waals surface area contributed by atoms with Gasteiger partial charge in [-0.3, -0.25) is 9.89 Å². The predicted molar refractivity (Wildman–Crippen MR) is 85.7 cm³/mol. The van der Waals surface area contributed by atoms with Gasteiger partial charge in [-0.05, 0) is 24.3 Å². The number of aliphatic hydroxyl groups is 1. The smallest absolute Gasteiger partial charge is 0.254 e. The van der Waals surface area contributed by atoms with E-state index in [2.05, 4.69) is 14.9 Å². The largest absolute Gasteiger partial charge is 0.395 e. The number of aromatic amines is 1. The lowest BCUT2D eigenvalue weighted by Crippen LogP contribution is -2.35. The second-order valence-corrected chi connectivity index (χ2v) is 7.26. The molecule has 1 amide bonds. The van der Waals surface area contributed by atoms with Crippen LogP contribution in [0.5, 0.6) is 0 Å². The summed E-state index contributed by atoms with van der Waals surface area (Å²) in [7, 11) is -3.67. The van der Waals surface area contributed by atoms with E-state index < -0.39 is 10.0 Å². The van der Waals surface area contributed by atoms with Crippen LogP contribution >= 0.6 is 0 Å². The van der Waals surface area contributed by atoms with Gasteiger partial charge >= 0.3 is 0 Å². The summed E-state index contributed by atoms with van der Waals surface area (Å²) in [5.74, 6) is -0.144. The van der Waals surface area contributed by atoms with Gasteiger partial charge in [-0.2, -0.15) is 5.10 Å². The first-order chi connectivity index (χ1) is 11.5. The van der Waals surface area contributed by atoms with Crippen LogP contribution in [0.1, 0.15) is 21.6 Å². The number of carbonyl (C=O) groups excluding carboxylic acids is 1. The number of hydrogen-bond acceptors (Lipinski definition) is 5. The van der Waals surface area contributed by atoms with Crippen molar-refractivity contribution in [1.29, 1.82) is 0 Å². The van der Waals surface area contributed by atoms with Gasteiger partial charge in [0.2, 0.25) is 10.0 Å². The fourth-order valence-corrected chi connectivity index (χ4v) is 3.64. The molecule has 0 unspecified atom stereocenters. The molecule has 0 aliphatic carbocycles. The molecule has 3 rings (SSSR count). The maximum atomic E-state index is 12.6. The van der Waals surface area contributed by atoms with E-state index in [-0.39, 0.29) is 24.0 Å². The highest BCUT2D eigenvalue weighted by molar-refractivity contribution is 7.89. The molecular formula is C15H18N4O4S.